The molecule has 1 atom stereocenters. The van der Waals surface area contributed by atoms with E-state index in [9.17, 15) is 4.39 Å². The fraction of sp³-hybridized carbons (Fsp3) is 0.167. The van der Waals surface area contributed by atoms with E-state index in [0.29, 0.717) is 21.0 Å². The van der Waals surface area contributed by atoms with E-state index in [2.05, 4.69) is 21.2 Å². The fourth-order valence-corrected chi connectivity index (χ4v) is 2.17. The van der Waals surface area contributed by atoms with Crippen molar-refractivity contribution in [1.29, 1.82) is 0 Å². The standard InChI is InChI=1S/C12H10BrClFNO/c1-16-12(10-4-5-11(13)17-10)8-6-7(14)2-3-9(8)15/h2-6,12,16H,1H3. The van der Waals surface area contributed by atoms with Crippen LogP contribution < -0.4 is 5.32 Å². The third-order valence-corrected chi connectivity index (χ3v) is 3.10. The van der Waals surface area contributed by atoms with Gasteiger partial charge in [0, 0.05) is 10.6 Å². The number of benzene rings is 1. The fourth-order valence-electron chi connectivity index (χ4n) is 1.67. The zero-order chi connectivity index (χ0) is 12.4. The minimum absolute atomic E-state index is 0.318. The van der Waals surface area contributed by atoms with Crippen molar-refractivity contribution in [1.82, 2.24) is 5.32 Å². The minimum Gasteiger partial charge on any atom is -0.452 e. The predicted octanol–water partition coefficient (Wildman–Crippen LogP) is 4.14. The summed E-state index contributed by atoms with van der Waals surface area (Å²) in [5.74, 6) is 0.307. The summed E-state index contributed by atoms with van der Waals surface area (Å²) in [7, 11) is 1.74. The molecule has 90 valence electrons. The molecule has 2 nitrogen and oxygen atoms in total. The van der Waals surface area contributed by atoms with Crippen molar-refractivity contribution >= 4 is 27.5 Å². The number of hydrogen-bond donors (Lipinski definition) is 1. The summed E-state index contributed by atoms with van der Waals surface area (Å²) >= 11 is 9.10. The molecule has 1 aromatic carbocycles. The Hall–Kier alpha value is -0.840. The Bertz CT molecular complexity index is 529. The van der Waals surface area contributed by atoms with Gasteiger partial charge in [0.25, 0.3) is 0 Å². The van der Waals surface area contributed by atoms with E-state index in [-0.39, 0.29) is 11.9 Å². The molecule has 0 fully saturated rings. The highest BCUT2D eigenvalue weighted by molar-refractivity contribution is 9.10. The summed E-state index contributed by atoms with van der Waals surface area (Å²) in [5, 5.41) is 3.50. The summed E-state index contributed by atoms with van der Waals surface area (Å²) in [6, 6.07) is 7.65. The number of furan rings is 1. The third-order valence-electron chi connectivity index (χ3n) is 2.44. The summed E-state index contributed by atoms with van der Waals surface area (Å²) in [5.41, 5.74) is 0.460. The maximum atomic E-state index is 13.7. The summed E-state index contributed by atoms with van der Waals surface area (Å²) in [6.45, 7) is 0. The van der Waals surface area contributed by atoms with Crippen LogP contribution in [0.5, 0.6) is 0 Å². The molecule has 17 heavy (non-hydrogen) atoms. The molecule has 2 aromatic rings. The number of nitrogens with one attached hydrogen (secondary N) is 1. The van der Waals surface area contributed by atoms with Crippen LogP contribution in [0.1, 0.15) is 17.4 Å². The van der Waals surface area contributed by atoms with Gasteiger partial charge in [-0.25, -0.2) is 4.39 Å². The van der Waals surface area contributed by atoms with Gasteiger partial charge >= 0.3 is 0 Å². The van der Waals surface area contributed by atoms with E-state index in [1.54, 1.807) is 25.2 Å². The molecule has 0 aliphatic carbocycles. The minimum atomic E-state index is -0.361. The average molecular weight is 319 g/mol. The lowest BCUT2D eigenvalue weighted by atomic mass is 10.0. The van der Waals surface area contributed by atoms with Gasteiger partial charge in [0.15, 0.2) is 4.67 Å². The molecule has 1 unspecified atom stereocenters. The molecule has 0 aliphatic heterocycles. The molecular weight excluding hydrogens is 308 g/mol. The van der Waals surface area contributed by atoms with Crippen LogP contribution in [0.15, 0.2) is 39.4 Å². The van der Waals surface area contributed by atoms with Crippen LogP contribution in [0.4, 0.5) is 4.39 Å². The monoisotopic (exact) mass is 317 g/mol. The lowest BCUT2D eigenvalue weighted by Gasteiger charge is -2.15. The van der Waals surface area contributed by atoms with Crippen molar-refractivity contribution in [2.45, 2.75) is 6.04 Å². The summed E-state index contributed by atoms with van der Waals surface area (Å²) in [4.78, 5) is 0. The first kappa shape index (κ1) is 12.6. The van der Waals surface area contributed by atoms with Gasteiger partial charge in [-0.2, -0.15) is 0 Å². The Kier molecular flexibility index (Phi) is 3.86. The van der Waals surface area contributed by atoms with Crippen LogP contribution >= 0.6 is 27.5 Å². The van der Waals surface area contributed by atoms with E-state index in [1.165, 1.54) is 12.1 Å². The largest absolute Gasteiger partial charge is 0.452 e. The second-order valence-electron chi connectivity index (χ2n) is 3.53. The maximum Gasteiger partial charge on any atom is 0.169 e. The van der Waals surface area contributed by atoms with Gasteiger partial charge in [-0.05, 0) is 53.3 Å². The lowest BCUT2D eigenvalue weighted by molar-refractivity contribution is 0.438. The first-order valence-corrected chi connectivity index (χ1v) is 6.16. The van der Waals surface area contributed by atoms with E-state index in [1.807, 2.05) is 0 Å². The Morgan fingerprint density at radius 2 is 2.12 bits per heavy atom. The molecule has 0 amide bonds. The molecule has 1 heterocycles. The molecule has 0 aliphatic rings. The van der Waals surface area contributed by atoms with Crippen molar-refractivity contribution in [3.63, 3.8) is 0 Å². The molecule has 5 heteroatoms. The van der Waals surface area contributed by atoms with Gasteiger partial charge in [0.1, 0.15) is 11.6 Å². The second-order valence-corrected chi connectivity index (χ2v) is 4.75. The van der Waals surface area contributed by atoms with Gasteiger partial charge in [0.05, 0.1) is 6.04 Å². The van der Waals surface area contributed by atoms with Gasteiger partial charge in [-0.1, -0.05) is 11.6 Å². The maximum absolute atomic E-state index is 13.7. The highest BCUT2D eigenvalue weighted by atomic mass is 79.9. The molecule has 1 N–H and O–H groups in total. The van der Waals surface area contributed by atoms with Gasteiger partial charge in [-0.15, -0.1) is 0 Å². The number of hydrogen-bond acceptors (Lipinski definition) is 2. The first-order valence-electron chi connectivity index (χ1n) is 4.99. The molecule has 1 aromatic heterocycles. The molecule has 0 spiro atoms. The SMILES string of the molecule is CNC(c1ccc(Br)o1)c1cc(Cl)ccc1F. The average Bonchev–Trinajstić information content (AvgIpc) is 2.71. The van der Waals surface area contributed by atoms with Crippen molar-refractivity contribution in [2.24, 2.45) is 0 Å². The molecule has 0 bridgehead atoms. The van der Waals surface area contributed by atoms with Crippen molar-refractivity contribution in [3.05, 3.63) is 57.2 Å². The van der Waals surface area contributed by atoms with Crippen molar-refractivity contribution in [2.75, 3.05) is 7.05 Å². The molecule has 0 saturated carbocycles. The predicted molar refractivity (Wildman–Crippen MR) is 68.7 cm³/mol. The smallest absolute Gasteiger partial charge is 0.169 e. The Morgan fingerprint density at radius 3 is 2.71 bits per heavy atom. The molecule has 0 saturated heterocycles. The Morgan fingerprint density at radius 1 is 1.35 bits per heavy atom. The van der Waals surface area contributed by atoms with Crippen LogP contribution in [0.2, 0.25) is 5.02 Å². The summed E-state index contributed by atoms with van der Waals surface area (Å²) < 4.78 is 19.8. The molecular formula is C12H10BrClFNO. The van der Waals surface area contributed by atoms with Crippen molar-refractivity contribution in [3.8, 4) is 0 Å². The van der Waals surface area contributed by atoms with Crippen LogP contribution in [0, 0.1) is 5.82 Å². The zero-order valence-corrected chi connectivity index (χ0v) is 11.3. The normalized spacial score (nSPS) is 12.7. The van der Waals surface area contributed by atoms with E-state index < -0.39 is 0 Å². The highest BCUT2D eigenvalue weighted by Crippen LogP contribution is 2.29. The van der Waals surface area contributed by atoms with Gasteiger partial charge < -0.3 is 9.73 Å². The Labute approximate surface area is 112 Å². The second kappa shape index (κ2) is 5.21. The van der Waals surface area contributed by atoms with Gasteiger partial charge in [-0.3, -0.25) is 0 Å². The number of rotatable bonds is 3. The van der Waals surface area contributed by atoms with Crippen LogP contribution in [-0.2, 0) is 0 Å². The summed E-state index contributed by atoms with van der Waals surface area (Å²) in [6.07, 6.45) is 0. The van der Waals surface area contributed by atoms with E-state index >= 15 is 0 Å². The quantitative estimate of drug-likeness (QED) is 0.920. The lowest BCUT2D eigenvalue weighted by Crippen LogP contribution is -2.18. The zero-order valence-electron chi connectivity index (χ0n) is 9.01. The van der Waals surface area contributed by atoms with E-state index in [4.69, 9.17) is 16.0 Å². The van der Waals surface area contributed by atoms with E-state index in [0.717, 1.165) is 0 Å². The van der Waals surface area contributed by atoms with Gasteiger partial charge in [0.2, 0.25) is 0 Å². The third kappa shape index (κ3) is 2.70. The molecule has 0 radical (unpaired) electrons. The van der Waals surface area contributed by atoms with Crippen molar-refractivity contribution < 1.29 is 8.81 Å². The topological polar surface area (TPSA) is 25.2 Å². The highest BCUT2D eigenvalue weighted by Gasteiger charge is 2.19. The van der Waals surface area contributed by atoms with Crippen LogP contribution in [0.25, 0.3) is 0 Å². The van der Waals surface area contributed by atoms with Crippen LogP contribution in [-0.4, -0.2) is 7.05 Å². The van der Waals surface area contributed by atoms with Crippen LogP contribution in [0.3, 0.4) is 0 Å². The molecule has 2 rings (SSSR count). The number of halogens is 3. The Balaban J connectivity index is 2.45. The first-order chi connectivity index (χ1) is 8.11.